The van der Waals surface area contributed by atoms with Crippen molar-refractivity contribution in [2.24, 2.45) is 5.92 Å². The van der Waals surface area contributed by atoms with E-state index in [1.165, 1.54) is 6.42 Å². The first-order chi connectivity index (χ1) is 12.7. The minimum Gasteiger partial charge on any atom is -0.493 e. The van der Waals surface area contributed by atoms with Crippen LogP contribution >= 0.6 is 0 Å². The van der Waals surface area contributed by atoms with Crippen LogP contribution in [0.15, 0.2) is 24.3 Å². The number of amides is 2. The summed E-state index contributed by atoms with van der Waals surface area (Å²) in [5, 5.41) is 0. The average Bonchev–Trinajstić information content (AvgIpc) is 2.72. The van der Waals surface area contributed by atoms with Crippen LogP contribution in [0, 0.1) is 5.92 Å². The molecule has 0 radical (unpaired) electrons. The SMILES string of the molecule is CCC(=O)N1CCCC(COc2cccc(C(=O)N3CCCCC3)c2)C1. The van der Waals surface area contributed by atoms with Gasteiger partial charge in [-0.1, -0.05) is 13.0 Å². The van der Waals surface area contributed by atoms with Crippen LogP contribution in [0.3, 0.4) is 0 Å². The Morgan fingerprint density at radius 3 is 2.62 bits per heavy atom. The molecule has 142 valence electrons. The van der Waals surface area contributed by atoms with Crippen molar-refractivity contribution >= 4 is 11.8 Å². The Bertz CT molecular complexity index is 625. The van der Waals surface area contributed by atoms with Crippen LogP contribution < -0.4 is 4.74 Å². The molecule has 0 saturated carbocycles. The van der Waals surface area contributed by atoms with Gasteiger partial charge in [-0.3, -0.25) is 9.59 Å². The lowest BCUT2D eigenvalue weighted by atomic mass is 9.98. The van der Waals surface area contributed by atoms with Crippen molar-refractivity contribution in [2.75, 3.05) is 32.8 Å². The summed E-state index contributed by atoms with van der Waals surface area (Å²) in [7, 11) is 0. The molecule has 2 aliphatic heterocycles. The molecule has 0 spiro atoms. The molecule has 5 heteroatoms. The van der Waals surface area contributed by atoms with Crippen LogP contribution in [-0.4, -0.2) is 54.4 Å². The van der Waals surface area contributed by atoms with Crippen LogP contribution in [0.1, 0.15) is 55.8 Å². The molecule has 2 heterocycles. The number of likely N-dealkylation sites (tertiary alicyclic amines) is 2. The molecule has 1 aromatic rings. The van der Waals surface area contributed by atoms with Gasteiger partial charge in [-0.25, -0.2) is 0 Å². The molecule has 2 amide bonds. The number of ether oxygens (including phenoxy) is 1. The molecule has 0 N–H and O–H groups in total. The predicted octanol–water partition coefficient (Wildman–Crippen LogP) is 3.34. The predicted molar refractivity (Wildman–Crippen MR) is 101 cm³/mol. The Kier molecular flexibility index (Phi) is 6.53. The lowest BCUT2D eigenvalue weighted by Crippen LogP contribution is -2.41. The van der Waals surface area contributed by atoms with E-state index in [4.69, 9.17) is 4.74 Å². The van der Waals surface area contributed by atoms with E-state index in [2.05, 4.69) is 0 Å². The summed E-state index contributed by atoms with van der Waals surface area (Å²) in [6, 6.07) is 7.52. The van der Waals surface area contributed by atoms with E-state index >= 15 is 0 Å². The van der Waals surface area contributed by atoms with Crippen molar-refractivity contribution in [3.05, 3.63) is 29.8 Å². The molecule has 1 aromatic carbocycles. The van der Waals surface area contributed by atoms with Crippen molar-refractivity contribution < 1.29 is 14.3 Å². The quantitative estimate of drug-likeness (QED) is 0.811. The third kappa shape index (κ3) is 4.77. The fraction of sp³-hybridized carbons (Fsp3) is 0.619. The molecule has 1 atom stereocenters. The second-order valence-corrected chi connectivity index (χ2v) is 7.39. The first-order valence-corrected chi connectivity index (χ1v) is 9.97. The van der Waals surface area contributed by atoms with Gasteiger partial charge >= 0.3 is 0 Å². The van der Waals surface area contributed by atoms with Gasteiger partial charge in [0.05, 0.1) is 6.61 Å². The summed E-state index contributed by atoms with van der Waals surface area (Å²) >= 11 is 0. The first-order valence-electron chi connectivity index (χ1n) is 9.97. The highest BCUT2D eigenvalue weighted by atomic mass is 16.5. The highest BCUT2D eigenvalue weighted by Gasteiger charge is 2.23. The van der Waals surface area contributed by atoms with E-state index in [-0.39, 0.29) is 11.8 Å². The average molecular weight is 358 g/mol. The number of carbonyl (C=O) groups excluding carboxylic acids is 2. The van der Waals surface area contributed by atoms with Gasteiger partial charge in [-0.15, -0.1) is 0 Å². The smallest absolute Gasteiger partial charge is 0.253 e. The van der Waals surface area contributed by atoms with Crippen molar-refractivity contribution in [3.8, 4) is 5.75 Å². The molecular formula is C21H30N2O3. The largest absolute Gasteiger partial charge is 0.493 e. The maximum Gasteiger partial charge on any atom is 0.253 e. The summed E-state index contributed by atoms with van der Waals surface area (Å²) in [5.41, 5.74) is 0.704. The molecule has 1 unspecified atom stereocenters. The zero-order valence-electron chi connectivity index (χ0n) is 15.8. The minimum atomic E-state index is 0.104. The van der Waals surface area contributed by atoms with Crippen LogP contribution in [0.4, 0.5) is 0 Å². The van der Waals surface area contributed by atoms with Crippen LogP contribution in [0.5, 0.6) is 5.75 Å². The Morgan fingerprint density at radius 2 is 1.85 bits per heavy atom. The molecule has 2 fully saturated rings. The van der Waals surface area contributed by atoms with E-state index in [9.17, 15) is 9.59 Å². The minimum absolute atomic E-state index is 0.104. The van der Waals surface area contributed by atoms with E-state index in [0.29, 0.717) is 24.5 Å². The molecule has 0 bridgehead atoms. The van der Waals surface area contributed by atoms with E-state index < -0.39 is 0 Å². The Labute approximate surface area is 156 Å². The van der Waals surface area contributed by atoms with Gasteiger partial charge in [0.25, 0.3) is 5.91 Å². The monoisotopic (exact) mass is 358 g/mol. The number of carbonyl (C=O) groups is 2. The lowest BCUT2D eigenvalue weighted by molar-refractivity contribution is -0.132. The normalized spacial score (nSPS) is 20.7. The summed E-state index contributed by atoms with van der Waals surface area (Å²) < 4.78 is 5.98. The third-order valence-corrected chi connectivity index (χ3v) is 5.38. The maximum absolute atomic E-state index is 12.6. The lowest BCUT2D eigenvalue weighted by Gasteiger charge is -2.32. The second-order valence-electron chi connectivity index (χ2n) is 7.39. The zero-order valence-corrected chi connectivity index (χ0v) is 15.8. The zero-order chi connectivity index (χ0) is 18.4. The highest BCUT2D eigenvalue weighted by molar-refractivity contribution is 5.94. The molecule has 2 saturated heterocycles. The topological polar surface area (TPSA) is 49.9 Å². The van der Waals surface area contributed by atoms with Gasteiger partial charge in [-0.05, 0) is 50.3 Å². The van der Waals surface area contributed by atoms with Gasteiger partial charge < -0.3 is 14.5 Å². The van der Waals surface area contributed by atoms with Crippen LogP contribution in [0.2, 0.25) is 0 Å². The molecule has 2 aliphatic rings. The number of hydrogen-bond donors (Lipinski definition) is 0. The Hall–Kier alpha value is -2.04. The van der Waals surface area contributed by atoms with Gasteiger partial charge in [0.15, 0.2) is 0 Å². The van der Waals surface area contributed by atoms with E-state index in [1.54, 1.807) is 0 Å². The van der Waals surface area contributed by atoms with E-state index in [0.717, 1.165) is 57.6 Å². The molecule has 3 rings (SSSR count). The summed E-state index contributed by atoms with van der Waals surface area (Å²) in [5.74, 6) is 1.43. The second kappa shape index (κ2) is 9.06. The van der Waals surface area contributed by atoms with Crippen molar-refractivity contribution in [2.45, 2.75) is 45.4 Å². The summed E-state index contributed by atoms with van der Waals surface area (Å²) in [4.78, 5) is 28.4. The van der Waals surface area contributed by atoms with Crippen molar-refractivity contribution in [1.29, 1.82) is 0 Å². The summed E-state index contributed by atoms with van der Waals surface area (Å²) in [6.07, 6.45) is 6.08. The molecular weight excluding hydrogens is 328 g/mol. The molecule has 26 heavy (non-hydrogen) atoms. The van der Waals surface area contributed by atoms with Crippen molar-refractivity contribution in [1.82, 2.24) is 9.80 Å². The standard InChI is InChI=1S/C21H30N2O3/c1-2-20(24)23-13-7-8-17(15-23)16-26-19-10-6-9-18(14-19)21(25)22-11-4-3-5-12-22/h6,9-10,14,17H,2-5,7-8,11-13,15-16H2,1H3. The number of rotatable bonds is 5. The third-order valence-electron chi connectivity index (χ3n) is 5.38. The molecule has 5 nitrogen and oxygen atoms in total. The van der Waals surface area contributed by atoms with Crippen molar-refractivity contribution in [3.63, 3.8) is 0 Å². The highest BCUT2D eigenvalue weighted by Crippen LogP contribution is 2.21. The molecule has 0 aromatic heterocycles. The first kappa shape index (κ1) is 18.7. The number of hydrogen-bond acceptors (Lipinski definition) is 3. The number of benzene rings is 1. The van der Waals surface area contributed by atoms with Gasteiger partial charge in [0, 0.05) is 44.1 Å². The number of piperidine rings is 2. The Morgan fingerprint density at radius 1 is 1.08 bits per heavy atom. The summed E-state index contributed by atoms with van der Waals surface area (Å²) in [6.45, 7) is 5.85. The number of nitrogens with zero attached hydrogens (tertiary/aromatic N) is 2. The van der Waals surface area contributed by atoms with Gasteiger partial charge in [0.1, 0.15) is 5.75 Å². The fourth-order valence-electron chi connectivity index (χ4n) is 3.86. The Balaban J connectivity index is 1.55. The maximum atomic E-state index is 12.6. The fourth-order valence-corrected chi connectivity index (χ4v) is 3.86. The van der Waals surface area contributed by atoms with E-state index in [1.807, 2.05) is 41.0 Å². The van der Waals surface area contributed by atoms with Gasteiger partial charge in [0.2, 0.25) is 5.91 Å². The molecule has 0 aliphatic carbocycles. The van der Waals surface area contributed by atoms with Gasteiger partial charge in [-0.2, -0.15) is 0 Å². The van der Waals surface area contributed by atoms with Crippen LogP contribution in [0.25, 0.3) is 0 Å². The van der Waals surface area contributed by atoms with Crippen LogP contribution in [-0.2, 0) is 4.79 Å².